The van der Waals surface area contributed by atoms with Crippen molar-refractivity contribution in [1.29, 1.82) is 0 Å². The summed E-state index contributed by atoms with van der Waals surface area (Å²) in [5, 5.41) is 8.23. The minimum absolute atomic E-state index is 0.0563. The summed E-state index contributed by atoms with van der Waals surface area (Å²) in [7, 11) is 0. The minimum atomic E-state index is -0.656. The zero-order valence-electron chi connectivity index (χ0n) is 13.5. The van der Waals surface area contributed by atoms with Crippen molar-refractivity contribution in [3.05, 3.63) is 29.3 Å². The van der Waals surface area contributed by atoms with E-state index in [0.717, 1.165) is 5.56 Å². The number of piperidine rings is 1. The second kappa shape index (κ2) is 5.96. The van der Waals surface area contributed by atoms with Crippen molar-refractivity contribution in [2.75, 3.05) is 18.4 Å². The number of rotatable bonds is 3. The minimum Gasteiger partial charge on any atom is -0.325 e. The number of anilines is 1. The predicted octanol–water partition coefficient (Wildman–Crippen LogP) is -0.394. The van der Waals surface area contributed by atoms with Gasteiger partial charge in [0.2, 0.25) is 17.7 Å². The highest BCUT2D eigenvalue weighted by Gasteiger charge is 2.40. The molecule has 3 N–H and O–H groups in total. The van der Waals surface area contributed by atoms with E-state index in [1.54, 1.807) is 18.2 Å². The summed E-state index contributed by atoms with van der Waals surface area (Å²) in [6, 6.07) is 4.53. The number of hydrogen-bond donors (Lipinski definition) is 3. The van der Waals surface area contributed by atoms with Crippen molar-refractivity contribution >= 4 is 29.3 Å². The van der Waals surface area contributed by atoms with Gasteiger partial charge in [0.1, 0.15) is 6.04 Å². The molecule has 25 heavy (non-hydrogen) atoms. The Labute approximate surface area is 143 Å². The molecule has 3 heterocycles. The fourth-order valence-electron chi connectivity index (χ4n) is 3.41. The van der Waals surface area contributed by atoms with Gasteiger partial charge in [0, 0.05) is 42.9 Å². The molecule has 8 heteroatoms. The van der Waals surface area contributed by atoms with E-state index in [1.807, 2.05) is 0 Å². The van der Waals surface area contributed by atoms with Gasteiger partial charge in [-0.25, -0.2) is 0 Å². The van der Waals surface area contributed by atoms with Crippen LogP contribution in [-0.2, 0) is 20.9 Å². The number of nitrogens with zero attached hydrogens (tertiary/aromatic N) is 1. The van der Waals surface area contributed by atoms with Gasteiger partial charge in [-0.05, 0) is 18.6 Å². The molecule has 0 aromatic heterocycles. The molecular formula is C17H18N4O4. The first kappa shape index (κ1) is 15.8. The van der Waals surface area contributed by atoms with Crippen LogP contribution < -0.4 is 16.0 Å². The Morgan fingerprint density at radius 3 is 2.68 bits per heavy atom. The Morgan fingerprint density at radius 1 is 1.20 bits per heavy atom. The molecule has 0 saturated carbocycles. The molecule has 8 nitrogen and oxygen atoms in total. The lowest BCUT2D eigenvalue weighted by Gasteiger charge is -2.29. The fourth-order valence-corrected chi connectivity index (χ4v) is 3.41. The summed E-state index contributed by atoms with van der Waals surface area (Å²) >= 11 is 0. The standard InChI is InChI=1S/C17H18N4O4/c22-14-5-4-13(16(24)20-14)21-8-11-10(17(21)25)2-1-3-12(11)19-15(23)9-6-18-7-9/h1-3,9,13,18H,4-8H2,(H,19,23)(H,20,22,24). The average Bonchev–Trinajstić information content (AvgIpc) is 2.84. The van der Waals surface area contributed by atoms with Gasteiger partial charge in [0.25, 0.3) is 5.91 Å². The molecule has 4 amide bonds. The molecule has 3 aliphatic rings. The Kier molecular flexibility index (Phi) is 3.76. The smallest absolute Gasteiger partial charge is 0.255 e. The third-order valence-corrected chi connectivity index (χ3v) is 4.99. The number of carbonyl (C=O) groups is 4. The Balaban J connectivity index is 1.56. The van der Waals surface area contributed by atoms with Crippen LogP contribution in [0.4, 0.5) is 5.69 Å². The SMILES string of the molecule is O=C1CCC(N2Cc3c(NC(=O)C4CNC4)cccc3C2=O)C(=O)N1. The summed E-state index contributed by atoms with van der Waals surface area (Å²) in [4.78, 5) is 49.8. The zero-order valence-corrected chi connectivity index (χ0v) is 13.5. The van der Waals surface area contributed by atoms with Crippen molar-refractivity contribution in [3.63, 3.8) is 0 Å². The molecular weight excluding hydrogens is 324 g/mol. The lowest BCUT2D eigenvalue weighted by atomic mass is 10.0. The summed E-state index contributed by atoms with van der Waals surface area (Å²) < 4.78 is 0. The lowest BCUT2D eigenvalue weighted by molar-refractivity contribution is -0.137. The maximum Gasteiger partial charge on any atom is 0.255 e. The molecule has 2 fully saturated rings. The maximum absolute atomic E-state index is 12.7. The number of carbonyl (C=O) groups excluding carboxylic acids is 4. The summed E-state index contributed by atoms with van der Waals surface area (Å²) in [5.74, 6) is -1.12. The zero-order chi connectivity index (χ0) is 17.6. The summed E-state index contributed by atoms with van der Waals surface area (Å²) in [5.41, 5.74) is 1.82. The van der Waals surface area contributed by atoms with Gasteiger partial charge in [-0.15, -0.1) is 0 Å². The third-order valence-electron chi connectivity index (χ3n) is 4.99. The molecule has 130 valence electrons. The highest BCUT2D eigenvalue weighted by atomic mass is 16.2. The van der Waals surface area contributed by atoms with Gasteiger partial charge in [0.15, 0.2) is 0 Å². The van der Waals surface area contributed by atoms with Gasteiger partial charge in [-0.2, -0.15) is 0 Å². The first-order valence-corrected chi connectivity index (χ1v) is 8.32. The van der Waals surface area contributed by atoms with Crippen LogP contribution in [0.1, 0.15) is 28.8 Å². The van der Waals surface area contributed by atoms with Crippen molar-refractivity contribution in [2.24, 2.45) is 5.92 Å². The van der Waals surface area contributed by atoms with Gasteiger partial charge in [-0.1, -0.05) is 6.07 Å². The predicted molar refractivity (Wildman–Crippen MR) is 87.5 cm³/mol. The molecule has 1 aromatic carbocycles. The number of hydrogen-bond acceptors (Lipinski definition) is 5. The Bertz CT molecular complexity index is 787. The second-order valence-electron chi connectivity index (χ2n) is 6.58. The van der Waals surface area contributed by atoms with E-state index in [-0.39, 0.29) is 36.6 Å². The van der Waals surface area contributed by atoms with Crippen LogP contribution in [0.5, 0.6) is 0 Å². The molecule has 2 saturated heterocycles. The fraction of sp³-hybridized carbons (Fsp3) is 0.412. The lowest BCUT2D eigenvalue weighted by Crippen LogP contribution is -2.52. The Morgan fingerprint density at radius 2 is 2.00 bits per heavy atom. The highest BCUT2D eigenvalue weighted by molar-refractivity contribution is 6.07. The number of benzene rings is 1. The highest BCUT2D eigenvalue weighted by Crippen LogP contribution is 2.32. The van der Waals surface area contributed by atoms with E-state index in [0.29, 0.717) is 30.8 Å². The number of fused-ring (bicyclic) bond motifs is 1. The molecule has 1 aromatic rings. The van der Waals surface area contributed by atoms with Gasteiger partial charge in [-0.3, -0.25) is 24.5 Å². The van der Waals surface area contributed by atoms with E-state index in [2.05, 4.69) is 16.0 Å². The molecule has 0 bridgehead atoms. The van der Waals surface area contributed by atoms with Crippen molar-refractivity contribution in [2.45, 2.75) is 25.4 Å². The van der Waals surface area contributed by atoms with Crippen molar-refractivity contribution in [1.82, 2.24) is 15.5 Å². The molecule has 1 unspecified atom stereocenters. The summed E-state index contributed by atoms with van der Waals surface area (Å²) in [6.45, 7) is 1.56. The molecule has 0 radical (unpaired) electrons. The van der Waals surface area contributed by atoms with Crippen LogP contribution in [0.3, 0.4) is 0 Å². The topological polar surface area (TPSA) is 108 Å². The van der Waals surface area contributed by atoms with E-state index in [9.17, 15) is 19.2 Å². The first-order chi connectivity index (χ1) is 12.0. The van der Waals surface area contributed by atoms with Crippen molar-refractivity contribution < 1.29 is 19.2 Å². The Hall–Kier alpha value is -2.74. The number of imide groups is 1. The molecule has 0 aliphatic carbocycles. The second-order valence-corrected chi connectivity index (χ2v) is 6.58. The van der Waals surface area contributed by atoms with Crippen LogP contribution in [-0.4, -0.2) is 47.7 Å². The van der Waals surface area contributed by atoms with Gasteiger partial charge >= 0.3 is 0 Å². The largest absolute Gasteiger partial charge is 0.325 e. The van der Waals surface area contributed by atoms with Crippen LogP contribution in [0.2, 0.25) is 0 Å². The van der Waals surface area contributed by atoms with E-state index >= 15 is 0 Å². The number of nitrogens with one attached hydrogen (secondary N) is 3. The average molecular weight is 342 g/mol. The van der Waals surface area contributed by atoms with Gasteiger partial charge in [0.05, 0.1) is 5.92 Å². The number of amides is 4. The van der Waals surface area contributed by atoms with Crippen LogP contribution >= 0.6 is 0 Å². The molecule has 3 aliphatic heterocycles. The monoisotopic (exact) mass is 342 g/mol. The van der Waals surface area contributed by atoms with E-state index in [1.165, 1.54) is 4.90 Å². The first-order valence-electron chi connectivity index (χ1n) is 8.32. The quantitative estimate of drug-likeness (QED) is 0.648. The van der Waals surface area contributed by atoms with Crippen molar-refractivity contribution in [3.8, 4) is 0 Å². The van der Waals surface area contributed by atoms with Gasteiger partial charge < -0.3 is 15.5 Å². The van der Waals surface area contributed by atoms with E-state index < -0.39 is 11.9 Å². The maximum atomic E-state index is 12.7. The summed E-state index contributed by atoms with van der Waals surface area (Å²) in [6.07, 6.45) is 0.536. The van der Waals surface area contributed by atoms with Crippen LogP contribution in [0.25, 0.3) is 0 Å². The van der Waals surface area contributed by atoms with Crippen LogP contribution in [0, 0.1) is 5.92 Å². The molecule has 4 rings (SSSR count). The third kappa shape index (κ3) is 2.68. The molecule has 0 spiro atoms. The van der Waals surface area contributed by atoms with Crippen LogP contribution in [0.15, 0.2) is 18.2 Å². The normalized spacial score (nSPS) is 23.1. The molecule has 1 atom stereocenters. The van der Waals surface area contributed by atoms with E-state index in [4.69, 9.17) is 0 Å².